The molecule has 2 aromatic rings. The van der Waals surface area contributed by atoms with E-state index in [1.54, 1.807) is 45.0 Å². The molecule has 4 rings (SSSR count). The summed E-state index contributed by atoms with van der Waals surface area (Å²) in [5.41, 5.74) is 3.66. The lowest BCUT2D eigenvalue weighted by molar-refractivity contribution is -0.302. The third-order valence-corrected chi connectivity index (χ3v) is 7.33. The van der Waals surface area contributed by atoms with Crippen LogP contribution in [0.2, 0.25) is 0 Å². The van der Waals surface area contributed by atoms with E-state index in [1.165, 1.54) is 11.0 Å². The third-order valence-electron chi connectivity index (χ3n) is 7.33. The number of rotatable bonds is 8. The molecule has 2 heterocycles. The Morgan fingerprint density at radius 3 is 2.30 bits per heavy atom. The number of hydrogen-bond donors (Lipinski definition) is 1. The highest BCUT2D eigenvalue weighted by molar-refractivity contribution is 6.13. The van der Waals surface area contributed by atoms with Gasteiger partial charge in [0.2, 0.25) is 5.91 Å². The van der Waals surface area contributed by atoms with Gasteiger partial charge in [0.15, 0.2) is 11.5 Å². The lowest BCUT2D eigenvalue weighted by Gasteiger charge is -2.35. The second-order valence-electron chi connectivity index (χ2n) is 12.1. The summed E-state index contributed by atoms with van der Waals surface area (Å²) in [5.74, 6) is 2.67. The van der Waals surface area contributed by atoms with Gasteiger partial charge in [-0.1, -0.05) is 30.2 Å². The fraction of sp³-hybridized carbons (Fsp3) is 0.469. The third kappa shape index (κ3) is 10.2. The predicted molar refractivity (Wildman–Crippen MR) is 158 cm³/mol. The number of carbonyl (C=O) groups is 2. The van der Waals surface area contributed by atoms with E-state index in [4.69, 9.17) is 10.5 Å². The van der Waals surface area contributed by atoms with Crippen LogP contribution < -0.4 is 5.73 Å². The Labute approximate surface area is 267 Å². The van der Waals surface area contributed by atoms with Crippen molar-refractivity contribution in [3.63, 3.8) is 0 Å². The summed E-state index contributed by atoms with van der Waals surface area (Å²) in [4.78, 5) is 36.9. The van der Waals surface area contributed by atoms with E-state index < -0.39 is 64.7 Å². The number of hydrogen-bond acceptors (Lipinski definition) is 7. The number of likely N-dealkylation sites (tertiary alicyclic amines) is 1. The second kappa shape index (κ2) is 14.0. The minimum atomic E-state index is -5.11. The van der Waals surface area contributed by atoms with Gasteiger partial charge in [-0.2, -0.15) is 18.2 Å². The van der Waals surface area contributed by atoms with Gasteiger partial charge in [-0.05, 0) is 75.5 Å². The number of alkyl halides is 6. The van der Waals surface area contributed by atoms with Crippen molar-refractivity contribution in [2.75, 3.05) is 13.1 Å². The van der Waals surface area contributed by atoms with Crippen molar-refractivity contribution in [2.45, 2.75) is 71.0 Å². The summed E-state index contributed by atoms with van der Waals surface area (Å²) in [6.07, 6.45) is -8.15. The van der Waals surface area contributed by atoms with Crippen molar-refractivity contribution < 1.29 is 45.4 Å². The molecule has 0 bridgehead atoms. The molecular formula is C32H33F6N5O4. The Balaban J connectivity index is 1.58. The van der Waals surface area contributed by atoms with Gasteiger partial charge in [0.05, 0.1) is 17.7 Å². The topological polar surface area (TPSA) is 120 Å². The number of amides is 2. The van der Waals surface area contributed by atoms with E-state index in [-0.39, 0.29) is 25.2 Å². The van der Waals surface area contributed by atoms with Crippen LogP contribution in [0.5, 0.6) is 0 Å². The van der Waals surface area contributed by atoms with Crippen LogP contribution in [0.3, 0.4) is 0 Å². The molecule has 2 amide bonds. The first-order chi connectivity index (χ1) is 21.9. The summed E-state index contributed by atoms with van der Waals surface area (Å²) < 4.78 is 91.4. The van der Waals surface area contributed by atoms with Crippen LogP contribution in [0, 0.1) is 23.7 Å². The maximum Gasteiger partial charge on any atom is 0.573 e. The molecule has 15 heteroatoms. The fourth-order valence-electron chi connectivity index (χ4n) is 5.21. The number of aryl methyl sites for hydroxylation is 2. The normalized spacial score (nSPS) is 18.3. The Morgan fingerprint density at radius 2 is 1.70 bits per heavy atom. The van der Waals surface area contributed by atoms with Crippen molar-refractivity contribution in [1.29, 1.82) is 0 Å². The average Bonchev–Trinajstić information content (AvgIpc) is 2.95. The molecule has 1 aromatic heterocycles. The van der Waals surface area contributed by atoms with E-state index in [1.807, 2.05) is 0 Å². The van der Waals surface area contributed by atoms with Crippen molar-refractivity contribution in [3.05, 3.63) is 64.7 Å². The smallest absolute Gasteiger partial charge is 0.444 e. The number of nitrogens with zero attached hydrogens (tertiary/aromatic N) is 4. The minimum absolute atomic E-state index is 0.0517. The number of allylic oxidation sites excluding steroid dienone is 2. The number of aromatic nitrogens is 2. The van der Waals surface area contributed by atoms with Crippen LogP contribution in [0.4, 0.5) is 37.1 Å². The van der Waals surface area contributed by atoms with Gasteiger partial charge in [0.25, 0.3) is 5.95 Å². The minimum Gasteiger partial charge on any atom is -0.444 e. The number of piperidine rings is 1. The largest absolute Gasteiger partial charge is 0.573 e. The zero-order valence-corrected chi connectivity index (χ0v) is 25.8. The van der Waals surface area contributed by atoms with Crippen LogP contribution in [0.15, 0.2) is 47.3 Å². The Bertz CT molecular complexity index is 1610. The van der Waals surface area contributed by atoms with E-state index in [2.05, 4.69) is 31.5 Å². The van der Waals surface area contributed by atoms with E-state index in [0.717, 1.165) is 0 Å². The van der Waals surface area contributed by atoms with Gasteiger partial charge < -0.3 is 20.1 Å². The summed E-state index contributed by atoms with van der Waals surface area (Å²) in [6, 6.07) is 6.61. The molecule has 9 nitrogen and oxygen atoms in total. The van der Waals surface area contributed by atoms with E-state index in [9.17, 15) is 35.9 Å². The van der Waals surface area contributed by atoms with Gasteiger partial charge in [-0.25, -0.2) is 14.8 Å². The maximum absolute atomic E-state index is 13.8. The molecule has 252 valence electrons. The van der Waals surface area contributed by atoms with Crippen molar-refractivity contribution in [3.8, 4) is 11.8 Å². The first-order valence-electron chi connectivity index (χ1n) is 14.7. The van der Waals surface area contributed by atoms with Gasteiger partial charge in [0, 0.05) is 25.2 Å². The summed E-state index contributed by atoms with van der Waals surface area (Å²) in [6.45, 7) is 5.86. The number of ether oxygens (including phenoxy) is 2. The van der Waals surface area contributed by atoms with Gasteiger partial charge in [-0.15, -0.1) is 13.2 Å². The Morgan fingerprint density at radius 1 is 1.04 bits per heavy atom. The monoisotopic (exact) mass is 665 g/mol. The molecule has 1 aliphatic heterocycles. The Hall–Kier alpha value is -4.61. The SMILES string of the molecule is CC(C)(C)OC(=O)N1CCC(C2C#CC(=Nc3ncc(C(F)(F)F)c(CCc4ccccc4CC(N)=O)n3)C(OC(F)(F)F)=C2)CC1. The number of nitrogens with two attached hydrogens (primary N) is 1. The molecule has 1 atom stereocenters. The molecule has 1 aliphatic carbocycles. The molecule has 1 saturated heterocycles. The summed E-state index contributed by atoms with van der Waals surface area (Å²) in [7, 11) is 0. The van der Waals surface area contributed by atoms with Crippen LogP contribution in [0.25, 0.3) is 0 Å². The highest BCUT2D eigenvalue weighted by Crippen LogP contribution is 2.34. The molecule has 2 N–H and O–H groups in total. The summed E-state index contributed by atoms with van der Waals surface area (Å²) >= 11 is 0. The zero-order chi connectivity index (χ0) is 34.6. The van der Waals surface area contributed by atoms with Crippen LogP contribution in [-0.2, 0) is 39.7 Å². The molecule has 0 spiro atoms. The average molecular weight is 666 g/mol. The number of halogens is 6. The molecule has 1 unspecified atom stereocenters. The van der Waals surface area contributed by atoms with Crippen LogP contribution in [0.1, 0.15) is 56.0 Å². The molecule has 1 fully saturated rings. The molecule has 2 aliphatic rings. The quantitative estimate of drug-likeness (QED) is 0.270. The maximum atomic E-state index is 13.8. The Kier molecular flexibility index (Phi) is 10.5. The lowest BCUT2D eigenvalue weighted by atomic mass is 9.82. The number of primary amides is 1. The molecular weight excluding hydrogens is 632 g/mol. The number of benzene rings is 1. The highest BCUT2D eigenvalue weighted by atomic mass is 19.4. The van der Waals surface area contributed by atoms with Gasteiger partial charge >= 0.3 is 18.6 Å². The van der Waals surface area contributed by atoms with Gasteiger partial charge in [0.1, 0.15) is 5.60 Å². The molecule has 47 heavy (non-hydrogen) atoms. The van der Waals surface area contributed by atoms with Crippen LogP contribution in [-0.4, -0.2) is 57.6 Å². The fourth-order valence-corrected chi connectivity index (χ4v) is 5.21. The van der Waals surface area contributed by atoms with Crippen LogP contribution >= 0.6 is 0 Å². The number of aliphatic imine (C=N–C) groups is 1. The van der Waals surface area contributed by atoms with E-state index in [0.29, 0.717) is 43.3 Å². The van der Waals surface area contributed by atoms with Gasteiger partial charge in [-0.3, -0.25) is 4.79 Å². The first-order valence-corrected chi connectivity index (χ1v) is 14.7. The van der Waals surface area contributed by atoms with Crippen molar-refractivity contribution >= 4 is 23.7 Å². The highest BCUT2D eigenvalue weighted by Gasteiger charge is 2.37. The number of carbonyl (C=O) groups excluding carboxylic acids is 2. The predicted octanol–water partition coefficient (Wildman–Crippen LogP) is 6.08. The first kappa shape index (κ1) is 35.2. The van der Waals surface area contributed by atoms with E-state index >= 15 is 0 Å². The molecule has 0 saturated carbocycles. The van der Waals surface area contributed by atoms with Crippen molar-refractivity contribution in [2.24, 2.45) is 22.6 Å². The molecule has 1 aromatic carbocycles. The summed E-state index contributed by atoms with van der Waals surface area (Å²) in [5, 5.41) is 0. The second-order valence-corrected chi connectivity index (χ2v) is 12.1. The lowest BCUT2D eigenvalue weighted by Crippen LogP contribution is -2.42. The van der Waals surface area contributed by atoms with Crippen molar-refractivity contribution in [1.82, 2.24) is 14.9 Å². The molecule has 0 radical (unpaired) electrons. The standard InChI is InChI=1S/C32H33F6N5O4/c1-30(2,3)47-29(45)43-14-12-20(13-15-43)22-9-11-25(26(16-22)46-32(36,37)38)42-28-40-18-23(31(33,34)35)24(41-28)10-8-19-6-4-5-7-21(19)17-27(39)44/h4-7,16,18,20,22H,8,10,12-15,17H2,1-3H3,(H2,39,44). The zero-order valence-electron chi connectivity index (χ0n) is 25.8.